The number of furan rings is 1. The van der Waals surface area contributed by atoms with Crippen molar-refractivity contribution in [2.45, 2.75) is 46.4 Å². The zero-order chi connectivity index (χ0) is 20.7. The van der Waals surface area contributed by atoms with E-state index in [0.717, 1.165) is 35.7 Å². The van der Waals surface area contributed by atoms with Crippen molar-refractivity contribution in [2.75, 3.05) is 27.2 Å². The van der Waals surface area contributed by atoms with E-state index in [2.05, 4.69) is 58.9 Å². The Hall–Kier alpha value is -2.31. The van der Waals surface area contributed by atoms with Crippen LogP contribution in [0.4, 0.5) is 0 Å². The number of guanidine groups is 1. The van der Waals surface area contributed by atoms with Crippen LogP contribution in [0.2, 0.25) is 0 Å². The van der Waals surface area contributed by atoms with Crippen LogP contribution in [0.5, 0.6) is 0 Å². The second kappa shape index (κ2) is 9.75. The van der Waals surface area contributed by atoms with Gasteiger partial charge in [-0.2, -0.15) is 0 Å². The number of aliphatic imine (C=N–C) groups is 1. The summed E-state index contributed by atoms with van der Waals surface area (Å²) in [5, 5.41) is 17.4. The Morgan fingerprint density at radius 3 is 2.50 bits per heavy atom. The molecule has 1 atom stereocenters. The summed E-state index contributed by atoms with van der Waals surface area (Å²) >= 11 is 0. The van der Waals surface area contributed by atoms with Gasteiger partial charge in [-0.1, -0.05) is 24.3 Å². The zero-order valence-corrected chi connectivity index (χ0v) is 18.0. The van der Waals surface area contributed by atoms with Crippen LogP contribution < -0.4 is 10.6 Å². The number of rotatable bonds is 8. The molecule has 0 aliphatic carbocycles. The Kier molecular flexibility index (Phi) is 7.66. The molecule has 2 aromatic rings. The molecule has 1 unspecified atom stereocenters. The highest BCUT2D eigenvalue weighted by molar-refractivity contribution is 5.79. The number of aryl methyl sites for hydroxylation is 2. The molecule has 6 heteroatoms. The van der Waals surface area contributed by atoms with Gasteiger partial charge in [0, 0.05) is 18.7 Å². The van der Waals surface area contributed by atoms with Crippen LogP contribution in [0, 0.1) is 13.8 Å². The highest BCUT2D eigenvalue weighted by atomic mass is 16.3. The van der Waals surface area contributed by atoms with E-state index in [4.69, 9.17) is 4.42 Å². The molecule has 154 valence electrons. The van der Waals surface area contributed by atoms with Crippen molar-refractivity contribution in [2.24, 2.45) is 4.99 Å². The molecular weight excluding hydrogens is 352 g/mol. The Morgan fingerprint density at radius 1 is 1.18 bits per heavy atom. The second-order valence-corrected chi connectivity index (χ2v) is 7.71. The first-order valence-corrected chi connectivity index (χ1v) is 9.76. The molecule has 0 aliphatic heterocycles. The number of nitrogens with one attached hydrogen (secondary N) is 2. The molecule has 0 saturated carbocycles. The van der Waals surface area contributed by atoms with Crippen molar-refractivity contribution in [3.05, 3.63) is 58.5 Å². The summed E-state index contributed by atoms with van der Waals surface area (Å²) in [5.74, 6) is 2.22. The van der Waals surface area contributed by atoms with Gasteiger partial charge in [-0.25, -0.2) is 4.99 Å². The zero-order valence-electron chi connectivity index (χ0n) is 18.0. The summed E-state index contributed by atoms with van der Waals surface area (Å²) in [6.07, 6.45) is 0. The van der Waals surface area contributed by atoms with Gasteiger partial charge < -0.3 is 25.1 Å². The van der Waals surface area contributed by atoms with Crippen molar-refractivity contribution >= 4 is 5.96 Å². The molecule has 0 saturated heterocycles. The fourth-order valence-corrected chi connectivity index (χ4v) is 3.22. The first kappa shape index (κ1) is 22.0. The van der Waals surface area contributed by atoms with E-state index >= 15 is 0 Å². The number of hydrogen-bond acceptors (Lipinski definition) is 4. The van der Waals surface area contributed by atoms with Gasteiger partial charge >= 0.3 is 0 Å². The molecule has 0 spiro atoms. The summed E-state index contributed by atoms with van der Waals surface area (Å²) < 4.78 is 5.56. The van der Waals surface area contributed by atoms with E-state index in [1.807, 2.05) is 26.8 Å². The van der Waals surface area contributed by atoms with Gasteiger partial charge in [0.15, 0.2) is 5.96 Å². The third-order valence-electron chi connectivity index (χ3n) is 4.48. The first-order chi connectivity index (χ1) is 13.2. The van der Waals surface area contributed by atoms with Crippen LogP contribution in [-0.4, -0.2) is 43.2 Å². The van der Waals surface area contributed by atoms with E-state index in [0.29, 0.717) is 19.0 Å². The van der Waals surface area contributed by atoms with Gasteiger partial charge in [0.05, 0.1) is 13.1 Å². The van der Waals surface area contributed by atoms with Crippen molar-refractivity contribution in [3.63, 3.8) is 0 Å². The summed E-state index contributed by atoms with van der Waals surface area (Å²) in [7, 11) is 4.13. The SMILES string of the molecule is CCNC(=NCc1cccc(CN(C)C)c1)NCC(C)(O)c1cc(C)oc1C. The normalized spacial score (nSPS) is 14.2. The van der Waals surface area contributed by atoms with E-state index in [1.165, 1.54) is 5.56 Å². The van der Waals surface area contributed by atoms with Gasteiger partial charge in [0.2, 0.25) is 0 Å². The predicted octanol–water partition coefficient (Wildman–Crippen LogP) is 2.92. The lowest BCUT2D eigenvalue weighted by Gasteiger charge is -2.24. The summed E-state index contributed by atoms with van der Waals surface area (Å²) in [6, 6.07) is 10.3. The van der Waals surface area contributed by atoms with Crippen molar-refractivity contribution < 1.29 is 9.52 Å². The van der Waals surface area contributed by atoms with Gasteiger partial charge in [-0.05, 0) is 59.0 Å². The van der Waals surface area contributed by atoms with Crippen LogP contribution in [0.25, 0.3) is 0 Å². The average Bonchev–Trinajstić information content (AvgIpc) is 2.96. The van der Waals surface area contributed by atoms with Crippen LogP contribution in [-0.2, 0) is 18.7 Å². The van der Waals surface area contributed by atoms with Gasteiger partial charge in [-0.3, -0.25) is 0 Å². The maximum atomic E-state index is 10.9. The minimum atomic E-state index is -1.05. The minimum absolute atomic E-state index is 0.333. The number of benzene rings is 1. The lowest BCUT2D eigenvalue weighted by atomic mass is 9.96. The Balaban J connectivity index is 2.05. The van der Waals surface area contributed by atoms with Gasteiger partial charge in [-0.15, -0.1) is 0 Å². The average molecular weight is 387 g/mol. The maximum absolute atomic E-state index is 10.9. The van der Waals surface area contributed by atoms with E-state index in [-0.39, 0.29) is 0 Å². The van der Waals surface area contributed by atoms with E-state index in [9.17, 15) is 5.11 Å². The molecular formula is C22H34N4O2. The lowest BCUT2D eigenvalue weighted by molar-refractivity contribution is 0.0601. The van der Waals surface area contributed by atoms with Crippen LogP contribution in [0.1, 0.15) is 42.1 Å². The van der Waals surface area contributed by atoms with Crippen molar-refractivity contribution in [1.82, 2.24) is 15.5 Å². The van der Waals surface area contributed by atoms with Crippen LogP contribution >= 0.6 is 0 Å². The van der Waals surface area contributed by atoms with Gasteiger partial charge in [0.25, 0.3) is 0 Å². The molecule has 1 heterocycles. The van der Waals surface area contributed by atoms with Crippen molar-refractivity contribution in [3.8, 4) is 0 Å². The fraction of sp³-hybridized carbons (Fsp3) is 0.500. The highest BCUT2D eigenvalue weighted by Gasteiger charge is 2.27. The lowest BCUT2D eigenvalue weighted by Crippen LogP contribution is -2.44. The number of hydrogen-bond donors (Lipinski definition) is 3. The maximum Gasteiger partial charge on any atom is 0.191 e. The van der Waals surface area contributed by atoms with E-state index < -0.39 is 5.60 Å². The number of nitrogens with zero attached hydrogens (tertiary/aromatic N) is 2. The fourth-order valence-electron chi connectivity index (χ4n) is 3.22. The molecule has 1 aromatic carbocycles. The quantitative estimate of drug-likeness (QED) is 0.481. The monoisotopic (exact) mass is 386 g/mol. The molecule has 0 bridgehead atoms. The molecule has 6 nitrogen and oxygen atoms in total. The van der Waals surface area contributed by atoms with Crippen molar-refractivity contribution in [1.29, 1.82) is 0 Å². The van der Waals surface area contributed by atoms with Crippen LogP contribution in [0.15, 0.2) is 39.7 Å². The Morgan fingerprint density at radius 2 is 1.89 bits per heavy atom. The van der Waals surface area contributed by atoms with Gasteiger partial charge in [0.1, 0.15) is 17.1 Å². The summed E-state index contributed by atoms with van der Waals surface area (Å²) in [5.41, 5.74) is 2.17. The summed E-state index contributed by atoms with van der Waals surface area (Å²) in [4.78, 5) is 6.82. The Bertz CT molecular complexity index is 794. The molecule has 1 aromatic heterocycles. The molecule has 0 amide bonds. The predicted molar refractivity (Wildman–Crippen MR) is 114 cm³/mol. The molecule has 0 radical (unpaired) electrons. The molecule has 2 rings (SSSR count). The highest BCUT2D eigenvalue weighted by Crippen LogP contribution is 2.26. The second-order valence-electron chi connectivity index (χ2n) is 7.71. The molecule has 0 fully saturated rings. The van der Waals surface area contributed by atoms with E-state index in [1.54, 1.807) is 6.92 Å². The molecule has 28 heavy (non-hydrogen) atoms. The third kappa shape index (κ3) is 6.39. The minimum Gasteiger partial charge on any atom is -0.466 e. The van der Waals surface area contributed by atoms with Crippen LogP contribution in [0.3, 0.4) is 0 Å². The summed E-state index contributed by atoms with van der Waals surface area (Å²) in [6.45, 7) is 10.1. The smallest absolute Gasteiger partial charge is 0.191 e. The third-order valence-corrected chi connectivity index (χ3v) is 4.48. The standard InChI is InChI=1S/C22H34N4O2/c1-7-23-21(24-13-18-9-8-10-19(12-18)14-26(5)6)25-15-22(4,27)20-11-16(2)28-17(20)3/h8-12,27H,7,13-15H2,1-6H3,(H2,23,24,25). The largest absolute Gasteiger partial charge is 0.466 e. The molecule has 3 N–H and O–H groups in total. The first-order valence-electron chi connectivity index (χ1n) is 9.76. The molecule has 0 aliphatic rings. The topological polar surface area (TPSA) is 73.0 Å². The Labute approximate surface area is 168 Å². The number of aliphatic hydroxyl groups is 1.